The number of methoxy groups -OCH3 is 1. The summed E-state index contributed by atoms with van der Waals surface area (Å²) in [6, 6.07) is 0. The van der Waals surface area contributed by atoms with Gasteiger partial charge in [-0.05, 0) is 25.2 Å². The van der Waals surface area contributed by atoms with Crippen LogP contribution in [0, 0.1) is 11.3 Å². The first-order chi connectivity index (χ1) is 7.19. The fourth-order valence-electron chi connectivity index (χ4n) is 2.87. The van der Waals surface area contributed by atoms with Crippen molar-refractivity contribution in [2.45, 2.75) is 31.8 Å². The van der Waals surface area contributed by atoms with E-state index in [4.69, 9.17) is 4.74 Å². The van der Waals surface area contributed by atoms with Crippen molar-refractivity contribution in [3.8, 4) is 0 Å². The highest BCUT2D eigenvalue weighted by Crippen LogP contribution is 2.42. The molecule has 0 amide bonds. The van der Waals surface area contributed by atoms with Crippen LogP contribution in [-0.2, 0) is 9.53 Å². The Hall–Kier alpha value is -0.610. The second kappa shape index (κ2) is 4.10. The van der Waals surface area contributed by atoms with E-state index in [1.165, 1.54) is 0 Å². The van der Waals surface area contributed by atoms with E-state index in [2.05, 4.69) is 5.32 Å². The Morgan fingerprint density at radius 3 is 2.67 bits per heavy atom. The van der Waals surface area contributed by atoms with Crippen molar-refractivity contribution in [2.24, 2.45) is 11.3 Å². The molecule has 2 atom stereocenters. The number of carboxylic acids is 1. The number of aliphatic carboxylic acids is 1. The topological polar surface area (TPSA) is 58.6 Å². The van der Waals surface area contributed by atoms with Crippen LogP contribution >= 0.6 is 0 Å². The predicted octanol–water partition coefficient (Wildman–Crippen LogP) is 0.866. The number of hydrogen-bond acceptors (Lipinski definition) is 3. The minimum absolute atomic E-state index is 0.264. The van der Waals surface area contributed by atoms with Gasteiger partial charge in [-0.15, -0.1) is 0 Å². The maximum absolute atomic E-state index is 11.3. The van der Waals surface area contributed by atoms with Crippen LogP contribution in [0.1, 0.15) is 25.7 Å². The van der Waals surface area contributed by atoms with Gasteiger partial charge in [0.15, 0.2) is 0 Å². The molecular formula is C11H19NO3. The average Bonchev–Trinajstić information content (AvgIpc) is 2.16. The van der Waals surface area contributed by atoms with Crippen LogP contribution in [-0.4, -0.2) is 37.4 Å². The highest BCUT2D eigenvalue weighted by molar-refractivity contribution is 5.77. The molecule has 15 heavy (non-hydrogen) atoms. The minimum Gasteiger partial charge on any atom is -0.481 e. The van der Waals surface area contributed by atoms with E-state index in [1.807, 2.05) is 0 Å². The molecule has 1 heterocycles. The molecule has 1 saturated heterocycles. The summed E-state index contributed by atoms with van der Waals surface area (Å²) in [4.78, 5) is 11.3. The molecule has 86 valence electrons. The molecule has 0 aromatic heterocycles. The first-order valence-corrected chi connectivity index (χ1v) is 5.66. The third-order valence-corrected chi connectivity index (χ3v) is 4.05. The van der Waals surface area contributed by atoms with Gasteiger partial charge in [0.2, 0.25) is 0 Å². The number of rotatable bonds is 3. The molecule has 0 spiro atoms. The van der Waals surface area contributed by atoms with Gasteiger partial charge in [0.25, 0.3) is 0 Å². The fraction of sp³-hybridized carbons (Fsp3) is 0.909. The lowest BCUT2D eigenvalue weighted by atomic mass is 9.64. The van der Waals surface area contributed by atoms with Crippen LogP contribution < -0.4 is 5.32 Å². The molecule has 0 aromatic rings. The smallest absolute Gasteiger partial charge is 0.312 e. The second-order valence-corrected chi connectivity index (χ2v) is 4.79. The Bertz CT molecular complexity index is 250. The van der Waals surface area contributed by atoms with Gasteiger partial charge in [-0.2, -0.15) is 0 Å². The zero-order valence-electron chi connectivity index (χ0n) is 9.16. The molecule has 0 aromatic carbocycles. The largest absolute Gasteiger partial charge is 0.481 e. The minimum atomic E-state index is -0.636. The van der Waals surface area contributed by atoms with Crippen molar-refractivity contribution >= 4 is 5.97 Å². The van der Waals surface area contributed by atoms with Gasteiger partial charge in [-0.1, -0.05) is 6.42 Å². The van der Waals surface area contributed by atoms with Crippen LogP contribution in [0.5, 0.6) is 0 Å². The summed E-state index contributed by atoms with van der Waals surface area (Å²) in [5.41, 5.74) is -0.503. The van der Waals surface area contributed by atoms with Crippen LogP contribution in [0.2, 0.25) is 0 Å². The number of carbonyl (C=O) groups is 1. The first-order valence-electron chi connectivity index (χ1n) is 5.66. The van der Waals surface area contributed by atoms with Crippen LogP contribution in [0.25, 0.3) is 0 Å². The molecule has 2 unspecified atom stereocenters. The lowest BCUT2D eigenvalue weighted by Gasteiger charge is -2.47. The summed E-state index contributed by atoms with van der Waals surface area (Å²) in [6.45, 7) is 1.26. The summed E-state index contributed by atoms with van der Waals surface area (Å²) in [5.74, 6) is -0.349. The predicted molar refractivity (Wildman–Crippen MR) is 55.7 cm³/mol. The maximum atomic E-state index is 11.3. The van der Waals surface area contributed by atoms with Gasteiger partial charge in [-0.3, -0.25) is 4.79 Å². The number of carboxylic acid groups (broad SMARTS) is 1. The quantitative estimate of drug-likeness (QED) is 0.730. The molecule has 2 fully saturated rings. The molecule has 0 radical (unpaired) electrons. The zero-order valence-corrected chi connectivity index (χ0v) is 9.16. The van der Waals surface area contributed by atoms with Crippen molar-refractivity contribution in [3.63, 3.8) is 0 Å². The highest BCUT2D eigenvalue weighted by atomic mass is 16.5. The van der Waals surface area contributed by atoms with Crippen LogP contribution in [0.15, 0.2) is 0 Å². The molecule has 4 nitrogen and oxygen atoms in total. The number of hydrogen-bond donors (Lipinski definition) is 2. The Morgan fingerprint density at radius 1 is 1.47 bits per heavy atom. The molecule has 2 aliphatic rings. The summed E-state index contributed by atoms with van der Waals surface area (Å²) >= 11 is 0. The van der Waals surface area contributed by atoms with Crippen molar-refractivity contribution in [2.75, 3.05) is 20.2 Å². The van der Waals surface area contributed by atoms with Gasteiger partial charge in [-0.25, -0.2) is 0 Å². The normalized spacial score (nSPS) is 34.5. The van der Waals surface area contributed by atoms with E-state index in [1.54, 1.807) is 7.11 Å². The Labute approximate surface area is 90.0 Å². The van der Waals surface area contributed by atoms with Crippen molar-refractivity contribution in [3.05, 3.63) is 0 Å². The third-order valence-electron chi connectivity index (χ3n) is 4.05. The Balaban J connectivity index is 2.05. The highest BCUT2D eigenvalue weighted by Gasteiger charge is 2.51. The summed E-state index contributed by atoms with van der Waals surface area (Å²) < 4.78 is 5.35. The fourth-order valence-corrected chi connectivity index (χ4v) is 2.87. The van der Waals surface area contributed by atoms with Crippen LogP contribution in [0.4, 0.5) is 0 Å². The molecule has 2 N–H and O–H groups in total. The molecule has 1 aliphatic carbocycles. The van der Waals surface area contributed by atoms with Gasteiger partial charge in [0.1, 0.15) is 0 Å². The van der Waals surface area contributed by atoms with Gasteiger partial charge < -0.3 is 15.2 Å². The maximum Gasteiger partial charge on any atom is 0.312 e. The number of ether oxygens (including phenoxy) is 1. The van der Waals surface area contributed by atoms with E-state index >= 15 is 0 Å². The molecular weight excluding hydrogens is 194 g/mol. The summed E-state index contributed by atoms with van der Waals surface area (Å²) in [6.07, 6.45) is 4.38. The van der Waals surface area contributed by atoms with Crippen molar-refractivity contribution in [1.29, 1.82) is 0 Å². The summed E-state index contributed by atoms with van der Waals surface area (Å²) in [5, 5.41) is 12.4. The first kappa shape index (κ1) is 10.9. The second-order valence-electron chi connectivity index (χ2n) is 4.79. The molecule has 4 heteroatoms. The van der Waals surface area contributed by atoms with E-state index in [0.717, 1.165) is 25.7 Å². The molecule has 1 saturated carbocycles. The van der Waals surface area contributed by atoms with E-state index < -0.39 is 11.4 Å². The van der Waals surface area contributed by atoms with Gasteiger partial charge in [0.05, 0.1) is 11.5 Å². The Kier molecular flexibility index (Phi) is 2.98. The molecule has 1 aliphatic heterocycles. The van der Waals surface area contributed by atoms with Gasteiger partial charge >= 0.3 is 5.97 Å². The lowest BCUT2D eigenvalue weighted by molar-refractivity contribution is -0.159. The Morgan fingerprint density at radius 2 is 2.20 bits per heavy atom. The summed E-state index contributed by atoms with van der Waals surface area (Å²) in [7, 11) is 1.72. The third kappa shape index (κ3) is 1.76. The van der Waals surface area contributed by atoms with Crippen molar-refractivity contribution in [1.82, 2.24) is 5.32 Å². The molecule has 0 bridgehead atoms. The lowest BCUT2D eigenvalue weighted by Crippen LogP contribution is -2.62. The van der Waals surface area contributed by atoms with Crippen molar-refractivity contribution < 1.29 is 14.6 Å². The standard InChI is InChI=1S/C11H19NO3/c1-15-9-4-2-3-8(5-9)11(10(13)14)6-12-7-11/h8-9,12H,2-7H2,1H3,(H,13,14). The molecule has 2 rings (SSSR count). The monoisotopic (exact) mass is 213 g/mol. The number of nitrogens with one attached hydrogen (secondary N) is 1. The van der Waals surface area contributed by atoms with E-state index in [0.29, 0.717) is 13.1 Å². The van der Waals surface area contributed by atoms with E-state index in [9.17, 15) is 9.90 Å². The zero-order chi connectivity index (χ0) is 10.9. The van der Waals surface area contributed by atoms with Gasteiger partial charge in [0, 0.05) is 20.2 Å². The SMILES string of the molecule is COC1CCCC(C2(C(=O)O)CNC2)C1. The average molecular weight is 213 g/mol. The van der Waals surface area contributed by atoms with E-state index in [-0.39, 0.29) is 12.0 Å². The van der Waals surface area contributed by atoms with Crippen LogP contribution in [0.3, 0.4) is 0 Å².